The molecule has 0 bridgehead atoms. The number of amides is 2. The first kappa shape index (κ1) is 30.6. The van der Waals surface area contributed by atoms with E-state index in [4.69, 9.17) is 16.3 Å². The topological polar surface area (TPSA) is 96.0 Å². The van der Waals surface area contributed by atoms with Crippen LogP contribution in [-0.2, 0) is 21.2 Å². The van der Waals surface area contributed by atoms with Crippen molar-refractivity contribution in [2.45, 2.75) is 32.8 Å². The summed E-state index contributed by atoms with van der Waals surface area (Å²) in [6.45, 7) is 7.03. The minimum absolute atomic E-state index is 0.107. The second-order valence-electron chi connectivity index (χ2n) is 11.0. The second kappa shape index (κ2) is 13.1. The maximum absolute atomic E-state index is 13.0. The average molecular weight is 598 g/mol. The van der Waals surface area contributed by atoms with Crippen molar-refractivity contribution in [1.29, 1.82) is 0 Å². The molecule has 218 valence electrons. The molecule has 41 heavy (non-hydrogen) atoms. The number of nitrogens with zero attached hydrogens (tertiary/aromatic N) is 2. The third-order valence-corrected chi connectivity index (χ3v) is 8.65. The Bertz CT molecular complexity index is 1520. The minimum atomic E-state index is -3.49. The molecule has 3 aromatic carbocycles. The van der Waals surface area contributed by atoms with Crippen LogP contribution in [0.5, 0.6) is 0 Å². The Balaban J connectivity index is 1.24. The Morgan fingerprint density at radius 3 is 2.29 bits per heavy atom. The monoisotopic (exact) mass is 597 g/mol. The van der Waals surface area contributed by atoms with E-state index < -0.39 is 21.7 Å². The van der Waals surface area contributed by atoms with Crippen molar-refractivity contribution in [1.82, 2.24) is 14.5 Å². The van der Waals surface area contributed by atoms with Crippen molar-refractivity contribution < 1.29 is 22.7 Å². The lowest BCUT2D eigenvalue weighted by atomic mass is 10.1. The number of benzene rings is 3. The van der Waals surface area contributed by atoms with Crippen LogP contribution in [0.25, 0.3) is 16.8 Å². The molecule has 0 aliphatic carbocycles. The maximum atomic E-state index is 13.0. The van der Waals surface area contributed by atoms with Crippen LogP contribution < -0.4 is 5.32 Å². The molecule has 8 nitrogen and oxygen atoms in total. The number of halogens is 1. The molecule has 0 spiro atoms. The summed E-state index contributed by atoms with van der Waals surface area (Å²) in [6.07, 6.45) is 3.61. The van der Waals surface area contributed by atoms with Crippen molar-refractivity contribution in [3.05, 3.63) is 88.5 Å². The van der Waals surface area contributed by atoms with Gasteiger partial charge < -0.3 is 15.0 Å². The van der Waals surface area contributed by atoms with Gasteiger partial charge in [-0.05, 0) is 79.4 Å². The number of carbonyl (C=O) groups is 2. The van der Waals surface area contributed by atoms with Gasteiger partial charge in [0.25, 0.3) is 5.91 Å². The molecule has 1 N–H and O–H groups in total. The van der Waals surface area contributed by atoms with Crippen LogP contribution in [-0.4, -0.2) is 73.7 Å². The van der Waals surface area contributed by atoms with E-state index >= 15 is 0 Å². The van der Waals surface area contributed by atoms with Gasteiger partial charge in [0, 0.05) is 43.3 Å². The number of nitrogens with one attached hydrogen (secondary N) is 1. The van der Waals surface area contributed by atoms with Crippen LogP contribution in [0.1, 0.15) is 42.3 Å². The Morgan fingerprint density at radius 2 is 1.61 bits per heavy atom. The summed E-state index contributed by atoms with van der Waals surface area (Å²) in [6, 6.07) is 18.8. The summed E-state index contributed by atoms with van der Waals surface area (Å²) in [4.78, 5) is 26.5. The zero-order valence-electron chi connectivity index (χ0n) is 23.6. The normalized spacial score (nSPS) is 14.9. The number of rotatable bonds is 8. The van der Waals surface area contributed by atoms with Gasteiger partial charge in [-0.2, -0.15) is 4.31 Å². The van der Waals surface area contributed by atoms with Gasteiger partial charge in [-0.3, -0.25) is 4.79 Å². The molecule has 1 aliphatic rings. The van der Waals surface area contributed by atoms with Gasteiger partial charge in [-0.1, -0.05) is 54.1 Å². The molecule has 2 amide bonds. The summed E-state index contributed by atoms with van der Waals surface area (Å²) in [5, 5.41) is 5.46. The Morgan fingerprint density at radius 1 is 0.951 bits per heavy atom. The number of carbonyl (C=O) groups excluding carboxylic acids is 2. The maximum Gasteiger partial charge on any atom is 0.407 e. The van der Waals surface area contributed by atoms with E-state index in [1.807, 2.05) is 75.4 Å². The smallest absolute Gasteiger partial charge is 0.407 e. The molecule has 0 saturated carbocycles. The molecule has 0 aromatic heterocycles. The van der Waals surface area contributed by atoms with Gasteiger partial charge in [-0.25, -0.2) is 13.2 Å². The Kier molecular flexibility index (Phi) is 9.73. The fraction of sp³-hybridized carbons (Fsp3) is 0.355. The molecule has 1 fully saturated rings. The minimum Gasteiger partial charge on any atom is -0.444 e. The van der Waals surface area contributed by atoms with Crippen molar-refractivity contribution in [2.75, 3.05) is 38.5 Å². The Hall–Kier alpha value is -3.40. The highest BCUT2D eigenvalue weighted by molar-refractivity contribution is 7.89. The van der Waals surface area contributed by atoms with Gasteiger partial charge in [0.15, 0.2) is 0 Å². The highest BCUT2D eigenvalue weighted by atomic mass is 35.5. The summed E-state index contributed by atoms with van der Waals surface area (Å²) in [7, 11) is -3.49. The molecular weight excluding hydrogens is 562 g/mol. The lowest BCUT2D eigenvalue weighted by molar-refractivity contribution is 0.0528. The molecule has 10 heteroatoms. The zero-order chi connectivity index (χ0) is 29.6. The summed E-state index contributed by atoms with van der Waals surface area (Å²) < 4.78 is 32.5. The van der Waals surface area contributed by atoms with Crippen LogP contribution >= 0.6 is 11.6 Å². The van der Waals surface area contributed by atoms with Crippen molar-refractivity contribution in [3.63, 3.8) is 0 Å². The Labute approximate surface area is 247 Å². The van der Waals surface area contributed by atoms with Crippen LogP contribution in [0.15, 0.2) is 66.7 Å². The van der Waals surface area contributed by atoms with E-state index in [2.05, 4.69) is 5.32 Å². The first-order valence-electron chi connectivity index (χ1n) is 13.6. The molecule has 1 aliphatic heterocycles. The second-order valence-corrected chi connectivity index (χ2v) is 13.4. The molecule has 1 saturated heterocycles. The van der Waals surface area contributed by atoms with Gasteiger partial charge >= 0.3 is 6.09 Å². The summed E-state index contributed by atoms with van der Waals surface area (Å²) in [5.41, 5.74) is 1.89. The number of hydrogen-bond acceptors (Lipinski definition) is 5. The van der Waals surface area contributed by atoms with Crippen LogP contribution in [0.3, 0.4) is 0 Å². The average Bonchev–Trinajstić information content (AvgIpc) is 2.92. The van der Waals surface area contributed by atoms with Crippen molar-refractivity contribution >= 4 is 50.5 Å². The molecule has 3 aromatic rings. The molecule has 0 unspecified atom stereocenters. The van der Waals surface area contributed by atoms with Gasteiger partial charge in [0.05, 0.1) is 5.75 Å². The quantitative estimate of drug-likeness (QED) is 0.377. The highest BCUT2D eigenvalue weighted by Crippen LogP contribution is 2.21. The fourth-order valence-corrected chi connectivity index (χ4v) is 5.99. The van der Waals surface area contributed by atoms with E-state index in [0.717, 1.165) is 21.9 Å². The third kappa shape index (κ3) is 8.79. The number of fused-ring (bicyclic) bond motifs is 1. The lowest BCUT2D eigenvalue weighted by Gasteiger charge is -2.34. The van der Waals surface area contributed by atoms with E-state index in [9.17, 15) is 18.0 Å². The number of alkyl carbamates (subject to hydrolysis) is 1. The highest BCUT2D eigenvalue weighted by Gasteiger charge is 2.28. The predicted octanol–water partition coefficient (Wildman–Crippen LogP) is 5.36. The van der Waals surface area contributed by atoms with Gasteiger partial charge in [0.2, 0.25) is 10.0 Å². The fourth-order valence-electron chi connectivity index (χ4n) is 4.54. The van der Waals surface area contributed by atoms with E-state index in [1.54, 1.807) is 23.1 Å². The van der Waals surface area contributed by atoms with Crippen molar-refractivity contribution in [2.24, 2.45) is 0 Å². The molecular formula is C31H36ClN3O5S. The first-order valence-corrected chi connectivity index (χ1v) is 15.6. The van der Waals surface area contributed by atoms with E-state index in [0.29, 0.717) is 36.6 Å². The number of ether oxygens (including phenoxy) is 1. The molecule has 0 atom stereocenters. The third-order valence-electron chi connectivity index (χ3n) is 6.65. The standard InChI is InChI=1S/C31H36ClN3O5S/c1-31(2,3)40-30(37)33-15-14-23-6-9-25(10-7-23)29(36)34-16-18-35(19-17-34)41(38,39)20-4-5-24-8-11-27-22-28(32)13-12-26(27)21-24/h4-13,21-22H,14-20H2,1-3H3,(H,33,37). The number of hydrogen-bond donors (Lipinski definition) is 1. The van der Waals surface area contributed by atoms with Gasteiger partial charge in [-0.15, -0.1) is 0 Å². The number of piperazine rings is 1. The number of sulfonamides is 1. The molecule has 0 radical (unpaired) electrons. The summed E-state index contributed by atoms with van der Waals surface area (Å²) >= 11 is 6.05. The lowest BCUT2D eigenvalue weighted by Crippen LogP contribution is -2.50. The molecule has 1 heterocycles. The van der Waals surface area contributed by atoms with Crippen LogP contribution in [0, 0.1) is 0 Å². The van der Waals surface area contributed by atoms with E-state index in [-0.39, 0.29) is 24.7 Å². The summed E-state index contributed by atoms with van der Waals surface area (Å²) in [5.74, 6) is -0.234. The largest absolute Gasteiger partial charge is 0.444 e. The van der Waals surface area contributed by atoms with E-state index in [1.165, 1.54) is 4.31 Å². The van der Waals surface area contributed by atoms with Gasteiger partial charge in [0.1, 0.15) is 5.60 Å². The molecule has 4 rings (SSSR count). The van der Waals surface area contributed by atoms with Crippen molar-refractivity contribution in [3.8, 4) is 0 Å². The van der Waals surface area contributed by atoms with Crippen LogP contribution in [0.4, 0.5) is 4.79 Å². The van der Waals surface area contributed by atoms with Crippen LogP contribution in [0.2, 0.25) is 5.02 Å². The SMILES string of the molecule is CC(C)(C)OC(=O)NCCc1ccc(C(=O)N2CCN(S(=O)(=O)CC=Cc3ccc4cc(Cl)ccc4c3)CC2)cc1. The predicted molar refractivity (Wildman–Crippen MR) is 164 cm³/mol. The zero-order valence-corrected chi connectivity index (χ0v) is 25.2. The first-order chi connectivity index (χ1) is 19.4.